The number of aliphatic carboxylic acids is 1. The van der Waals surface area contributed by atoms with Crippen LogP contribution in [-0.4, -0.2) is 23.7 Å². The summed E-state index contributed by atoms with van der Waals surface area (Å²) in [5, 5.41) is 18.0. The first-order valence-electron chi connectivity index (χ1n) is 5.99. The van der Waals surface area contributed by atoms with E-state index in [-0.39, 0.29) is 12.5 Å². The van der Waals surface area contributed by atoms with E-state index in [0.717, 1.165) is 11.3 Å². The number of nitriles is 1. The van der Waals surface area contributed by atoms with E-state index in [1.54, 1.807) is 6.07 Å². The summed E-state index contributed by atoms with van der Waals surface area (Å²) in [6.45, 7) is 6.44. The largest absolute Gasteiger partial charge is 0.481 e. The van der Waals surface area contributed by atoms with Crippen LogP contribution >= 0.6 is 0 Å². The molecule has 1 N–H and O–H groups in total. The Kier molecular flexibility index (Phi) is 4.73. The topological polar surface area (TPSA) is 64.3 Å². The number of benzene rings is 1. The monoisotopic (exact) mass is 246 g/mol. The molecule has 0 spiro atoms. The highest BCUT2D eigenvalue weighted by atomic mass is 16.4. The minimum absolute atomic E-state index is 0.0625. The van der Waals surface area contributed by atoms with Gasteiger partial charge in [0.05, 0.1) is 17.7 Å². The summed E-state index contributed by atoms with van der Waals surface area (Å²) in [7, 11) is 0. The van der Waals surface area contributed by atoms with Crippen molar-refractivity contribution in [2.24, 2.45) is 0 Å². The molecule has 18 heavy (non-hydrogen) atoms. The third-order valence-corrected chi connectivity index (χ3v) is 2.99. The lowest BCUT2D eigenvalue weighted by atomic mass is 10.0. The Morgan fingerprint density at radius 3 is 2.72 bits per heavy atom. The van der Waals surface area contributed by atoms with Crippen molar-refractivity contribution in [2.75, 3.05) is 11.4 Å². The molecule has 1 rings (SSSR count). The normalized spacial score (nSPS) is 11.7. The fourth-order valence-electron chi connectivity index (χ4n) is 2.18. The van der Waals surface area contributed by atoms with Crippen LogP contribution in [0.1, 0.15) is 31.4 Å². The quantitative estimate of drug-likeness (QED) is 0.867. The lowest BCUT2D eigenvalue weighted by molar-refractivity contribution is -0.137. The maximum Gasteiger partial charge on any atom is 0.305 e. The van der Waals surface area contributed by atoms with E-state index in [4.69, 9.17) is 10.4 Å². The molecule has 0 aliphatic heterocycles. The van der Waals surface area contributed by atoms with Crippen LogP contribution < -0.4 is 4.90 Å². The lowest BCUT2D eigenvalue weighted by Gasteiger charge is -2.31. The first kappa shape index (κ1) is 14.0. The molecule has 1 unspecified atom stereocenters. The maximum absolute atomic E-state index is 10.8. The van der Waals surface area contributed by atoms with Crippen LogP contribution in [0.5, 0.6) is 0 Å². The summed E-state index contributed by atoms with van der Waals surface area (Å²) in [4.78, 5) is 12.8. The van der Waals surface area contributed by atoms with Crippen LogP contribution in [0.4, 0.5) is 5.69 Å². The van der Waals surface area contributed by atoms with Gasteiger partial charge in [-0.25, -0.2) is 0 Å². The van der Waals surface area contributed by atoms with E-state index in [1.165, 1.54) is 0 Å². The zero-order chi connectivity index (χ0) is 13.7. The summed E-state index contributed by atoms with van der Waals surface area (Å²) in [5.41, 5.74) is 2.43. The fraction of sp³-hybridized carbons (Fsp3) is 0.429. The van der Waals surface area contributed by atoms with Crippen molar-refractivity contribution in [3.05, 3.63) is 29.3 Å². The summed E-state index contributed by atoms with van der Waals surface area (Å²) in [6, 6.07) is 7.57. The number of carboxylic acid groups (broad SMARTS) is 1. The van der Waals surface area contributed by atoms with Crippen molar-refractivity contribution >= 4 is 11.7 Å². The van der Waals surface area contributed by atoms with Crippen molar-refractivity contribution in [2.45, 2.75) is 33.2 Å². The molecule has 0 fully saturated rings. The highest BCUT2D eigenvalue weighted by Crippen LogP contribution is 2.27. The van der Waals surface area contributed by atoms with Gasteiger partial charge in [-0.2, -0.15) is 5.26 Å². The van der Waals surface area contributed by atoms with Gasteiger partial charge < -0.3 is 10.0 Å². The van der Waals surface area contributed by atoms with E-state index in [9.17, 15) is 4.79 Å². The molecule has 4 heteroatoms. The first-order chi connectivity index (χ1) is 8.51. The SMILES string of the molecule is CCN(c1c(C)cccc1C#N)C(C)CC(=O)O. The van der Waals surface area contributed by atoms with Crippen molar-refractivity contribution in [3.8, 4) is 6.07 Å². The second-order valence-corrected chi connectivity index (χ2v) is 4.32. The molecule has 0 amide bonds. The highest BCUT2D eigenvalue weighted by molar-refractivity contribution is 5.70. The smallest absolute Gasteiger partial charge is 0.305 e. The van der Waals surface area contributed by atoms with Crippen LogP contribution in [-0.2, 0) is 4.79 Å². The van der Waals surface area contributed by atoms with E-state index >= 15 is 0 Å². The van der Waals surface area contributed by atoms with Gasteiger partial charge in [-0.05, 0) is 32.4 Å². The van der Waals surface area contributed by atoms with Crippen LogP contribution in [0, 0.1) is 18.3 Å². The van der Waals surface area contributed by atoms with E-state index in [1.807, 2.05) is 37.8 Å². The molecule has 0 saturated heterocycles. The number of aryl methyl sites for hydroxylation is 1. The van der Waals surface area contributed by atoms with Crippen LogP contribution in [0.25, 0.3) is 0 Å². The number of rotatable bonds is 5. The molecule has 0 aromatic heterocycles. The molecule has 0 bridgehead atoms. The Labute approximate surface area is 107 Å². The molecule has 0 radical (unpaired) electrons. The van der Waals surface area contributed by atoms with Crippen LogP contribution in [0.3, 0.4) is 0 Å². The highest BCUT2D eigenvalue weighted by Gasteiger charge is 2.20. The van der Waals surface area contributed by atoms with Crippen LogP contribution in [0.2, 0.25) is 0 Å². The minimum atomic E-state index is -0.826. The van der Waals surface area contributed by atoms with Crippen LogP contribution in [0.15, 0.2) is 18.2 Å². The number of nitrogens with zero attached hydrogens (tertiary/aromatic N) is 2. The zero-order valence-corrected chi connectivity index (χ0v) is 11.0. The Morgan fingerprint density at radius 2 is 2.22 bits per heavy atom. The van der Waals surface area contributed by atoms with E-state index in [2.05, 4.69) is 6.07 Å². The van der Waals surface area contributed by atoms with Crippen molar-refractivity contribution in [3.63, 3.8) is 0 Å². The second-order valence-electron chi connectivity index (χ2n) is 4.32. The van der Waals surface area contributed by atoms with Gasteiger partial charge in [0.15, 0.2) is 0 Å². The Hall–Kier alpha value is -2.02. The number of anilines is 1. The van der Waals surface area contributed by atoms with Crippen molar-refractivity contribution in [1.29, 1.82) is 5.26 Å². The molecular formula is C14H18N2O2. The Bertz CT molecular complexity index is 477. The van der Waals surface area contributed by atoms with Gasteiger partial charge in [-0.15, -0.1) is 0 Å². The van der Waals surface area contributed by atoms with Gasteiger partial charge in [0.1, 0.15) is 6.07 Å². The van der Waals surface area contributed by atoms with Gasteiger partial charge in [0, 0.05) is 12.6 Å². The molecule has 0 saturated carbocycles. The summed E-state index contributed by atoms with van der Waals surface area (Å²) >= 11 is 0. The number of para-hydroxylation sites is 1. The lowest BCUT2D eigenvalue weighted by Crippen LogP contribution is -2.35. The minimum Gasteiger partial charge on any atom is -0.481 e. The predicted molar refractivity (Wildman–Crippen MR) is 70.6 cm³/mol. The summed E-state index contributed by atoms with van der Waals surface area (Å²) in [6.07, 6.45) is 0.0625. The Balaban J connectivity index is 3.17. The summed E-state index contributed by atoms with van der Waals surface area (Å²) in [5.74, 6) is -0.826. The molecule has 1 aromatic carbocycles. The fourth-order valence-corrected chi connectivity index (χ4v) is 2.18. The molecule has 0 heterocycles. The van der Waals surface area contributed by atoms with Gasteiger partial charge in [-0.3, -0.25) is 4.79 Å². The maximum atomic E-state index is 10.8. The molecule has 1 aromatic rings. The van der Waals surface area contributed by atoms with Gasteiger partial charge in [-0.1, -0.05) is 12.1 Å². The van der Waals surface area contributed by atoms with Gasteiger partial charge in [0.2, 0.25) is 0 Å². The zero-order valence-electron chi connectivity index (χ0n) is 11.0. The third kappa shape index (κ3) is 3.01. The standard InChI is InChI=1S/C14H18N2O2/c1-4-16(11(3)8-13(17)18)14-10(2)6-5-7-12(14)9-15/h5-7,11H,4,8H2,1-3H3,(H,17,18). The number of hydrogen-bond acceptors (Lipinski definition) is 3. The molecule has 4 nitrogen and oxygen atoms in total. The first-order valence-corrected chi connectivity index (χ1v) is 5.99. The molecule has 0 aliphatic rings. The third-order valence-electron chi connectivity index (χ3n) is 2.99. The number of hydrogen-bond donors (Lipinski definition) is 1. The van der Waals surface area contributed by atoms with Crippen molar-refractivity contribution in [1.82, 2.24) is 0 Å². The number of carboxylic acids is 1. The molecule has 0 aliphatic carbocycles. The van der Waals surface area contributed by atoms with Crippen molar-refractivity contribution < 1.29 is 9.90 Å². The van der Waals surface area contributed by atoms with Gasteiger partial charge >= 0.3 is 5.97 Å². The average molecular weight is 246 g/mol. The molecular weight excluding hydrogens is 228 g/mol. The molecule has 96 valence electrons. The summed E-state index contributed by atoms with van der Waals surface area (Å²) < 4.78 is 0. The predicted octanol–water partition coefficient (Wildman–Crippen LogP) is 2.56. The average Bonchev–Trinajstić information content (AvgIpc) is 2.31. The second kappa shape index (κ2) is 6.06. The molecule has 1 atom stereocenters. The van der Waals surface area contributed by atoms with Gasteiger partial charge in [0.25, 0.3) is 0 Å². The Morgan fingerprint density at radius 1 is 1.56 bits per heavy atom. The van der Waals surface area contributed by atoms with E-state index < -0.39 is 5.97 Å². The van der Waals surface area contributed by atoms with E-state index in [0.29, 0.717) is 12.1 Å². The number of carbonyl (C=O) groups is 1.